The Morgan fingerprint density at radius 3 is 2.70 bits per heavy atom. The molecule has 0 spiro atoms. The van der Waals surface area contributed by atoms with E-state index in [9.17, 15) is 4.79 Å². The number of primary amides is 1. The maximum atomic E-state index is 11.9. The number of aromatic nitrogens is 3. The zero-order valence-electron chi connectivity index (χ0n) is 16.6. The summed E-state index contributed by atoms with van der Waals surface area (Å²) in [6, 6.07) is 13.6. The van der Waals surface area contributed by atoms with E-state index in [1.807, 2.05) is 42.5 Å². The summed E-state index contributed by atoms with van der Waals surface area (Å²) in [5.41, 5.74) is 14.5. The van der Waals surface area contributed by atoms with Gasteiger partial charge in [-0.3, -0.25) is 9.78 Å². The van der Waals surface area contributed by atoms with Crippen molar-refractivity contribution in [3.05, 3.63) is 60.4 Å². The van der Waals surface area contributed by atoms with Crippen LogP contribution >= 0.6 is 0 Å². The molecular formula is C22H25N7O. The van der Waals surface area contributed by atoms with Crippen molar-refractivity contribution < 1.29 is 4.79 Å². The summed E-state index contributed by atoms with van der Waals surface area (Å²) < 4.78 is 0. The first-order valence-corrected chi connectivity index (χ1v) is 10.1. The number of nitrogens with two attached hydrogens (primary N) is 2. The van der Waals surface area contributed by atoms with Gasteiger partial charge >= 0.3 is 0 Å². The molecule has 1 aliphatic rings. The van der Waals surface area contributed by atoms with Gasteiger partial charge in [0.25, 0.3) is 5.91 Å². The first kappa shape index (κ1) is 19.8. The van der Waals surface area contributed by atoms with Gasteiger partial charge in [-0.2, -0.15) is 4.98 Å². The normalized spacial score (nSPS) is 18.6. The van der Waals surface area contributed by atoms with Gasteiger partial charge in [-0.1, -0.05) is 31.0 Å². The summed E-state index contributed by atoms with van der Waals surface area (Å²) in [4.78, 5) is 25.1. The Morgan fingerprint density at radius 1 is 1.07 bits per heavy atom. The minimum absolute atomic E-state index is 0.0598. The summed E-state index contributed by atoms with van der Waals surface area (Å²) in [7, 11) is 0. The lowest BCUT2D eigenvalue weighted by molar-refractivity contribution is 0.100. The molecule has 3 aromatic rings. The lowest BCUT2D eigenvalue weighted by Gasteiger charge is -2.29. The number of amides is 1. The fourth-order valence-electron chi connectivity index (χ4n) is 3.66. The van der Waals surface area contributed by atoms with Crippen molar-refractivity contribution in [3.63, 3.8) is 0 Å². The van der Waals surface area contributed by atoms with Crippen LogP contribution in [0.25, 0.3) is 11.3 Å². The topological polar surface area (TPSA) is 132 Å². The zero-order valence-corrected chi connectivity index (χ0v) is 16.6. The van der Waals surface area contributed by atoms with Crippen LogP contribution in [0.1, 0.15) is 36.0 Å². The molecule has 1 amide bonds. The standard InChI is InChI=1S/C22H25N7O/c23-17-8-1-2-10-19(17)28-22-26-13-16(20(24)30)21(29-22)27-15-7-5-6-14(12-15)18-9-3-4-11-25-18/h3-7,9,11-13,17,19H,1-2,8,10,23H2,(H2,24,30)(H2,26,27,28,29)/t17-,19+/m0/s1. The van der Waals surface area contributed by atoms with Crippen LogP contribution in [0.4, 0.5) is 17.5 Å². The number of benzene rings is 1. The molecule has 1 aromatic carbocycles. The van der Waals surface area contributed by atoms with Crippen LogP contribution in [-0.2, 0) is 0 Å². The van der Waals surface area contributed by atoms with Crippen LogP contribution in [-0.4, -0.2) is 32.9 Å². The Balaban J connectivity index is 1.60. The van der Waals surface area contributed by atoms with Crippen LogP contribution in [0.3, 0.4) is 0 Å². The molecule has 8 nitrogen and oxygen atoms in total. The first-order chi connectivity index (χ1) is 14.6. The SMILES string of the molecule is NC(=O)c1cnc(N[C@@H]2CCCC[C@@H]2N)nc1Nc1cccc(-c2ccccn2)c1. The van der Waals surface area contributed by atoms with E-state index in [-0.39, 0.29) is 17.6 Å². The molecule has 0 saturated heterocycles. The van der Waals surface area contributed by atoms with E-state index in [0.29, 0.717) is 11.8 Å². The number of hydrogen-bond donors (Lipinski definition) is 4. The molecule has 0 bridgehead atoms. The Kier molecular flexibility index (Phi) is 5.85. The number of pyridine rings is 1. The molecule has 1 saturated carbocycles. The maximum Gasteiger partial charge on any atom is 0.254 e. The van der Waals surface area contributed by atoms with Gasteiger partial charge in [0.15, 0.2) is 0 Å². The minimum atomic E-state index is -0.598. The quantitative estimate of drug-likeness (QED) is 0.497. The number of rotatable bonds is 6. The van der Waals surface area contributed by atoms with E-state index >= 15 is 0 Å². The molecule has 30 heavy (non-hydrogen) atoms. The van der Waals surface area contributed by atoms with E-state index in [1.54, 1.807) is 6.20 Å². The van der Waals surface area contributed by atoms with Gasteiger partial charge in [0.1, 0.15) is 11.4 Å². The molecule has 0 aliphatic heterocycles. The van der Waals surface area contributed by atoms with Crippen LogP contribution in [0.15, 0.2) is 54.9 Å². The molecule has 0 radical (unpaired) electrons. The van der Waals surface area contributed by atoms with E-state index in [2.05, 4.69) is 25.6 Å². The summed E-state index contributed by atoms with van der Waals surface area (Å²) in [5, 5.41) is 6.51. The second-order valence-corrected chi connectivity index (χ2v) is 7.44. The van der Waals surface area contributed by atoms with Gasteiger partial charge in [-0.05, 0) is 37.1 Å². The average molecular weight is 403 g/mol. The smallest absolute Gasteiger partial charge is 0.254 e. The highest BCUT2D eigenvalue weighted by Gasteiger charge is 2.23. The van der Waals surface area contributed by atoms with Gasteiger partial charge in [-0.15, -0.1) is 0 Å². The number of hydrogen-bond acceptors (Lipinski definition) is 7. The summed E-state index contributed by atoms with van der Waals surface area (Å²) in [5.74, 6) is 0.174. The van der Waals surface area contributed by atoms with E-state index in [0.717, 1.165) is 42.6 Å². The number of carbonyl (C=O) groups is 1. The van der Waals surface area contributed by atoms with Gasteiger partial charge < -0.3 is 22.1 Å². The Labute approximate surface area is 175 Å². The second-order valence-electron chi connectivity index (χ2n) is 7.44. The maximum absolute atomic E-state index is 11.9. The number of nitrogens with one attached hydrogen (secondary N) is 2. The van der Waals surface area contributed by atoms with Crippen molar-refractivity contribution in [2.24, 2.45) is 11.5 Å². The molecule has 1 fully saturated rings. The largest absolute Gasteiger partial charge is 0.365 e. The highest BCUT2D eigenvalue weighted by atomic mass is 16.1. The number of carbonyl (C=O) groups excluding carboxylic acids is 1. The summed E-state index contributed by atoms with van der Waals surface area (Å²) in [6.07, 6.45) is 7.39. The Bertz CT molecular complexity index is 1030. The van der Waals surface area contributed by atoms with Gasteiger partial charge in [-0.25, -0.2) is 4.98 Å². The summed E-state index contributed by atoms with van der Waals surface area (Å²) >= 11 is 0. The highest BCUT2D eigenvalue weighted by molar-refractivity contribution is 5.98. The highest BCUT2D eigenvalue weighted by Crippen LogP contribution is 2.25. The zero-order chi connectivity index (χ0) is 20.9. The molecule has 2 aromatic heterocycles. The van der Waals surface area contributed by atoms with Gasteiger partial charge in [0.05, 0.1) is 5.69 Å². The van der Waals surface area contributed by atoms with Gasteiger partial charge in [0.2, 0.25) is 5.95 Å². The molecule has 2 atom stereocenters. The van der Waals surface area contributed by atoms with E-state index < -0.39 is 5.91 Å². The van der Waals surface area contributed by atoms with Crippen LogP contribution in [0, 0.1) is 0 Å². The molecule has 1 aliphatic carbocycles. The fraction of sp³-hybridized carbons (Fsp3) is 0.273. The van der Waals surface area contributed by atoms with Crippen LogP contribution in [0.2, 0.25) is 0 Å². The molecular weight excluding hydrogens is 378 g/mol. The molecule has 6 N–H and O–H groups in total. The third-order valence-electron chi connectivity index (χ3n) is 5.27. The molecule has 2 heterocycles. The van der Waals surface area contributed by atoms with Crippen LogP contribution in [0.5, 0.6) is 0 Å². The molecule has 154 valence electrons. The van der Waals surface area contributed by atoms with Crippen molar-refractivity contribution in [1.82, 2.24) is 15.0 Å². The van der Waals surface area contributed by atoms with E-state index in [4.69, 9.17) is 11.5 Å². The lowest BCUT2D eigenvalue weighted by Crippen LogP contribution is -2.43. The lowest BCUT2D eigenvalue weighted by atomic mass is 9.91. The fourth-order valence-corrected chi connectivity index (χ4v) is 3.66. The molecule has 4 rings (SSSR count). The summed E-state index contributed by atoms with van der Waals surface area (Å²) in [6.45, 7) is 0. The predicted molar refractivity (Wildman–Crippen MR) is 117 cm³/mol. The third kappa shape index (κ3) is 4.55. The monoisotopic (exact) mass is 403 g/mol. The first-order valence-electron chi connectivity index (χ1n) is 10.1. The average Bonchev–Trinajstić information content (AvgIpc) is 2.76. The predicted octanol–water partition coefficient (Wildman–Crippen LogP) is 3.06. The van der Waals surface area contributed by atoms with Crippen molar-refractivity contribution in [2.75, 3.05) is 10.6 Å². The molecule has 0 unspecified atom stereocenters. The van der Waals surface area contributed by atoms with Crippen molar-refractivity contribution in [1.29, 1.82) is 0 Å². The second kappa shape index (κ2) is 8.87. The molecule has 8 heteroatoms. The number of anilines is 3. The van der Waals surface area contributed by atoms with E-state index in [1.165, 1.54) is 6.20 Å². The van der Waals surface area contributed by atoms with Crippen LogP contribution < -0.4 is 22.1 Å². The van der Waals surface area contributed by atoms with Crippen molar-refractivity contribution in [2.45, 2.75) is 37.8 Å². The van der Waals surface area contributed by atoms with Gasteiger partial charge in [0, 0.05) is 35.7 Å². The minimum Gasteiger partial charge on any atom is -0.365 e. The number of nitrogens with zero attached hydrogens (tertiary/aromatic N) is 3. The third-order valence-corrected chi connectivity index (χ3v) is 5.27. The Hall–Kier alpha value is -3.52. The van der Waals surface area contributed by atoms with Crippen molar-refractivity contribution in [3.8, 4) is 11.3 Å². The Morgan fingerprint density at radius 2 is 1.93 bits per heavy atom. The van der Waals surface area contributed by atoms with Crippen molar-refractivity contribution >= 4 is 23.4 Å².